The minimum absolute atomic E-state index is 0.211. The standard InChI is InChI=1S/C18H26N4O4S2/c1-14(27-15-8-5-4-6-9-15)11-13-20-18(28(19,25)26)12-7-10-16(22(23)24)17(18)21(2)3/h4-10,12,14,17,20H,11,13H2,1-3H3,(H2,19,25,26). The van der Waals surface area contributed by atoms with Crippen molar-refractivity contribution in [2.45, 2.75) is 34.4 Å². The fraction of sp³-hybridized carbons (Fsp3) is 0.444. The summed E-state index contributed by atoms with van der Waals surface area (Å²) in [6, 6.07) is 8.84. The van der Waals surface area contributed by atoms with Gasteiger partial charge in [-0.25, -0.2) is 13.6 Å². The monoisotopic (exact) mass is 426 g/mol. The molecule has 0 fully saturated rings. The van der Waals surface area contributed by atoms with Gasteiger partial charge in [0, 0.05) is 16.2 Å². The summed E-state index contributed by atoms with van der Waals surface area (Å²) in [4.78, 5) is 11.8. The summed E-state index contributed by atoms with van der Waals surface area (Å²) < 4.78 is 25.1. The maximum atomic E-state index is 12.5. The highest BCUT2D eigenvalue weighted by Crippen LogP contribution is 2.32. The van der Waals surface area contributed by atoms with Crippen molar-refractivity contribution in [3.8, 4) is 0 Å². The Morgan fingerprint density at radius 2 is 2.00 bits per heavy atom. The van der Waals surface area contributed by atoms with Crippen molar-refractivity contribution in [1.82, 2.24) is 10.2 Å². The lowest BCUT2D eigenvalue weighted by Gasteiger charge is -2.40. The highest BCUT2D eigenvalue weighted by molar-refractivity contribution is 8.00. The highest BCUT2D eigenvalue weighted by atomic mass is 32.2. The second-order valence-corrected chi connectivity index (χ2v) is 10.1. The fourth-order valence-corrected chi connectivity index (χ4v) is 5.50. The molecular formula is C18H26N4O4S2. The smallest absolute Gasteiger partial charge is 0.266 e. The minimum Gasteiger partial charge on any atom is -0.294 e. The number of primary sulfonamides is 1. The Labute approximate surface area is 170 Å². The van der Waals surface area contributed by atoms with E-state index in [1.165, 1.54) is 23.1 Å². The summed E-state index contributed by atoms with van der Waals surface area (Å²) in [6.45, 7) is 2.38. The van der Waals surface area contributed by atoms with Crippen LogP contribution in [0.3, 0.4) is 0 Å². The predicted octanol–water partition coefficient (Wildman–Crippen LogP) is 1.79. The molecule has 3 N–H and O–H groups in total. The molecule has 1 aromatic carbocycles. The molecule has 0 saturated carbocycles. The van der Waals surface area contributed by atoms with E-state index >= 15 is 0 Å². The van der Waals surface area contributed by atoms with Gasteiger partial charge in [0.25, 0.3) is 5.70 Å². The number of benzene rings is 1. The Bertz CT molecular complexity index is 856. The average molecular weight is 427 g/mol. The van der Waals surface area contributed by atoms with Crippen LogP contribution in [-0.4, -0.2) is 55.0 Å². The average Bonchev–Trinajstić information content (AvgIpc) is 2.61. The van der Waals surface area contributed by atoms with E-state index in [1.807, 2.05) is 37.3 Å². The third-order valence-electron chi connectivity index (χ3n) is 4.53. The molecule has 0 aromatic heterocycles. The molecule has 0 spiro atoms. The van der Waals surface area contributed by atoms with Gasteiger partial charge in [-0.2, -0.15) is 0 Å². The third-order valence-corrected chi connectivity index (χ3v) is 7.16. The molecule has 10 heteroatoms. The summed E-state index contributed by atoms with van der Waals surface area (Å²) in [5.74, 6) is 0. The van der Waals surface area contributed by atoms with Crippen LogP contribution < -0.4 is 10.5 Å². The summed E-state index contributed by atoms with van der Waals surface area (Å²) in [6.07, 6.45) is 4.73. The van der Waals surface area contributed by atoms with Gasteiger partial charge in [0.15, 0.2) is 4.87 Å². The summed E-state index contributed by atoms with van der Waals surface area (Å²) in [7, 11) is -1.01. The molecule has 0 aliphatic heterocycles. The lowest BCUT2D eigenvalue weighted by molar-refractivity contribution is -0.433. The van der Waals surface area contributed by atoms with Gasteiger partial charge in [0.1, 0.15) is 6.04 Å². The molecule has 0 amide bonds. The first kappa shape index (κ1) is 22.6. The van der Waals surface area contributed by atoms with Crippen molar-refractivity contribution in [3.63, 3.8) is 0 Å². The number of nitrogens with one attached hydrogen (secondary N) is 1. The normalized spacial score (nSPS) is 23.5. The van der Waals surface area contributed by atoms with Gasteiger partial charge in [-0.05, 0) is 45.3 Å². The van der Waals surface area contributed by atoms with Crippen LogP contribution in [0.25, 0.3) is 0 Å². The van der Waals surface area contributed by atoms with Crippen molar-refractivity contribution in [2.24, 2.45) is 5.14 Å². The van der Waals surface area contributed by atoms with E-state index in [4.69, 9.17) is 5.14 Å². The van der Waals surface area contributed by atoms with E-state index in [0.717, 1.165) is 4.90 Å². The molecule has 0 radical (unpaired) electrons. The molecule has 2 rings (SSSR count). The zero-order valence-electron chi connectivity index (χ0n) is 16.1. The zero-order valence-corrected chi connectivity index (χ0v) is 17.7. The van der Waals surface area contributed by atoms with E-state index in [1.54, 1.807) is 25.9 Å². The molecule has 3 unspecified atom stereocenters. The van der Waals surface area contributed by atoms with Crippen LogP contribution in [0.4, 0.5) is 0 Å². The van der Waals surface area contributed by atoms with Crippen molar-refractivity contribution < 1.29 is 13.3 Å². The van der Waals surface area contributed by atoms with Crippen LogP contribution in [0, 0.1) is 10.1 Å². The Hall–Kier alpha value is -1.72. The molecule has 1 aliphatic rings. The van der Waals surface area contributed by atoms with Gasteiger partial charge in [-0.3, -0.25) is 20.3 Å². The number of rotatable bonds is 9. The second kappa shape index (κ2) is 9.19. The number of allylic oxidation sites excluding steroid dienone is 2. The van der Waals surface area contributed by atoms with Crippen LogP contribution >= 0.6 is 11.8 Å². The fourth-order valence-electron chi connectivity index (χ4n) is 3.27. The maximum Gasteiger partial charge on any atom is 0.266 e. The summed E-state index contributed by atoms with van der Waals surface area (Å²) >= 11 is 1.68. The first-order chi connectivity index (χ1) is 13.1. The number of nitro groups is 1. The summed E-state index contributed by atoms with van der Waals surface area (Å²) in [5.41, 5.74) is -0.222. The molecule has 0 bridgehead atoms. The van der Waals surface area contributed by atoms with Crippen molar-refractivity contribution in [3.05, 3.63) is 64.4 Å². The number of thioether (sulfide) groups is 1. The van der Waals surface area contributed by atoms with Crippen LogP contribution in [0.2, 0.25) is 0 Å². The van der Waals surface area contributed by atoms with Gasteiger partial charge in [0.2, 0.25) is 10.0 Å². The Morgan fingerprint density at radius 1 is 1.36 bits per heavy atom. The topological polar surface area (TPSA) is 119 Å². The first-order valence-corrected chi connectivity index (χ1v) is 11.2. The van der Waals surface area contributed by atoms with Gasteiger partial charge in [-0.15, -0.1) is 11.8 Å². The molecule has 28 heavy (non-hydrogen) atoms. The Morgan fingerprint density at radius 3 is 2.54 bits per heavy atom. The predicted molar refractivity (Wildman–Crippen MR) is 112 cm³/mol. The lowest BCUT2D eigenvalue weighted by atomic mass is 9.97. The minimum atomic E-state index is -4.20. The lowest BCUT2D eigenvalue weighted by Crippen LogP contribution is -2.66. The molecule has 8 nitrogen and oxygen atoms in total. The molecule has 1 aliphatic carbocycles. The molecule has 0 saturated heterocycles. The van der Waals surface area contributed by atoms with Crippen molar-refractivity contribution in [1.29, 1.82) is 0 Å². The number of likely N-dealkylation sites (N-methyl/N-ethyl adjacent to an activating group) is 1. The van der Waals surface area contributed by atoms with Gasteiger partial charge in [0.05, 0.1) is 4.92 Å². The third kappa shape index (κ3) is 5.00. The maximum absolute atomic E-state index is 12.5. The van der Waals surface area contributed by atoms with E-state index in [0.29, 0.717) is 13.0 Å². The van der Waals surface area contributed by atoms with Gasteiger partial charge >= 0.3 is 0 Å². The molecule has 0 heterocycles. The van der Waals surface area contributed by atoms with Crippen molar-refractivity contribution >= 4 is 21.8 Å². The second-order valence-electron chi connectivity index (χ2n) is 6.87. The molecular weight excluding hydrogens is 400 g/mol. The van der Waals surface area contributed by atoms with Crippen LogP contribution in [0.15, 0.2) is 59.2 Å². The van der Waals surface area contributed by atoms with E-state index in [2.05, 4.69) is 5.32 Å². The van der Waals surface area contributed by atoms with Gasteiger partial charge < -0.3 is 0 Å². The van der Waals surface area contributed by atoms with E-state index in [9.17, 15) is 18.5 Å². The number of nitrogens with two attached hydrogens (primary N) is 1. The van der Waals surface area contributed by atoms with Crippen LogP contribution in [0.5, 0.6) is 0 Å². The first-order valence-electron chi connectivity index (χ1n) is 8.78. The zero-order chi connectivity index (χ0) is 20.9. The SMILES string of the molecule is CC(CCNC1(S(N)(=O)=O)C=CC=C([N+](=O)[O-])C1N(C)C)Sc1ccccc1. The highest BCUT2D eigenvalue weighted by Gasteiger charge is 2.54. The largest absolute Gasteiger partial charge is 0.294 e. The number of hydrogen-bond acceptors (Lipinski definition) is 7. The quantitative estimate of drug-likeness (QED) is 0.351. The summed E-state index contributed by atoms with van der Waals surface area (Å²) in [5, 5.41) is 20.3. The van der Waals surface area contributed by atoms with Crippen LogP contribution in [-0.2, 0) is 10.0 Å². The van der Waals surface area contributed by atoms with Crippen molar-refractivity contribution in [2.75, 3.05) is 20.6 Å². The number of nitrogens with zero attached hydrogens (tertiary/aromatic N) is 2. The van der Waals surface area contributed by atoms with Gasteiger partial charge in [-0.1, -0.05) is 31.2 Å². The number of hydrogen-bond donors (Lipinski definition) is 2. The Kier molecular flexibility index (Phi) is 7.40. The molecule has 154 valence electrons. The molecule has 1 aromatic rings. The number of sulfonamides is 1. The Balaban J connectivity index is 2.18. The van der Waals surface area contributed by atoms with Crippen LogP contribution in [0.1, 0.15) is 13.3 Å². The van der Waals surface area contributed by atoms with E-state index < -0.39 is 25.9 Å². The van der Waals surface area contributed by atoms with E-state index in [-0.39, 0.29) is 10.9 Å². The molecule has 3 atom stereocenters.